The van der Waals surface area contributed by atoms with E-state index < -0.39 is 50.9 Å². The largest absolute Gasteiger partial charge is 0.502 e. The fourth-order valence-corrected chi connectivity index (χ4v) is 35.0. The maximum Gasteiger partial charge on any atom is 0.317 e. The molecule has 3 atom stereocenters. The average Bonchev–Trinajstić information content (AvgIpc) is 2.77. The molecule has 0 heterocycles. The summed E-state index contributed by atoms with van der Waals surface area (Å²) < 4.78 is 40.5. The zero-order valence-corrected chi connectivity index (χ0v) is 33.9. The van der Waals surface area contributed by atoms with Gasteiger partial charge >= 0.3 is 34.2 Å². The van der Waals surface area contributed by atoms with Crippen LogP contribution in [0.2, 0.25) is 90.1 Å². The first-order chi connectivity index (χ1) is 18.7. The number of benzene rings is 1. The zero-order chi connectivity index (χ0) is 31.4. The van der Waals surface area contributed by atoms with Crippen LogP contribution in [0.25, 0.3) is 0 Å². The van der Waals surface area contributed by atoms with Gasteiger partial charge in [-0.15, -0.1) is 0 Å². The maximum absolute atomic E-state index is 9.68. The summed E-state index contributed by atoms with van der Waals surface area (Å²) in [5, 5.41) is 9.68. The summed E-state index contributed by atoms with van der Waals surface area (Å²) in [7, 11) is -14.5. The second-order valence-electron chi connectivity index (χ2n) is 13.8. The summed E-state index contributed by atoms with van der Waals surface area (Å²) in [5.41, 5.74) is 1.32. The van der Waals surface area contributed by atoms with Gasteiger partial charge in [-0.05, 0) is 121 Å². The summed E-state index contributed by atoms with van der Waals surface area (Å²) in [4.78, 5) is 0. The third kappa shape index (κ3) is 17.6. The molecular weight excluding hydrogens is 617 g/mol. The van der Waals surface area contributed by atoms with Crippen LogP contribution in [0.4, 0.5) is 0 Å². The average molecular weight is 677 g/mol. The minimum absolute atomic E-state index is 0.121. The maximum atomic E-state index is 9.68. The van der Waals surface area contributed by atoms with E-state index in [2.05, 4.69) is 109 Å². The minimum Gasteiger partial charge on any atom is -0.502 e. The van der Waals surface area contributed by atoms with Crippen molar-refractivity contribution in [2.75, 3.05) is 13.2 Å². The molecule has 1 N–H and O–H groups in total. The molecule has 0 bridgehead atoms. The van der Waals surface area contributed by atoms with Gasteiger partial charge in [-0.1, -0.05) is 36.9 Å². The summed E-state index contributed by atoms with van der Waals surface area (Å²) in [6.07, 6.45) is 4.89. The van der Waals surface area contributed by atoms with Crippen LogP contribution in [-0.2, 0) is 31.7 Å². The first-order valence-electron chi connectivity index (χ1n) is 15.1. The highest BCUT2D eigenvalue weighted by Gasteiger charge is 2.51. The molecule has 0 aliphatic rings. The molecule has 0 fully saturated rings. The van der Waals surface area contributed by atoms with Crippen LogP contribution in [0.15, 0.2) is 43.2 Å². The van der Waals surface area contributed by atoms with Crippen LogP contribution in [0.3, 0.4) is 0 Å². The lowest BCUT2D eigenvalue weighted by atomic mass is 10.1. The summed E-state index contributed by atoms with van der Waals surface area (Å²) in [5.74, 6) is 0. The third-order valence-corrected chi connectivity index (χ3v) is 29.1. The van der Waals surface area contributed by atoms with E-state index in [0.717, 1.165) is 37.4 Å². The SMILES string of the molecule is C=COCCC[Si](C)(O[Si](C)(CCCO)O[Si](C)(C)C)O[Si](C)(CCCc1ccccc1)O[Si](C)(C)O[Si](C)(C)C. The molecule has 1 aromatic carbocycles. The Morgan fingerprint density at radius 2 is 1.12 bits per heavy atom. The molecule has 13 heteroatoms. The van der Waals surface area contributed by atoms with Gasteiger partial charge in [0.15, 0.2) is 16.6 Å². The summed E-state index contributed by atoms with van der Waals surface area (Å²) in [6.45, 7) is 28.5. The van der Waals surface area contributed by atoms with E-state index in [1.807, 2.05) is 0 Å². The Morgan fingerprint density at radius 1 is 0.634 bits per heavy atom. The molecule has 3 unspecified atom stereocenters. The standard InChI is InChI=1S/C28H60O7Si6/c1-13-30-24-19-27-41(12,34-39(10,26-18-23-29)32-37(5,6)7)35-40(11,33-38(8,9)31-36(2,3)4)25-17-22-28-20-15-14-16-21-28/h13-16,20-21,29H,1,17-19,22-27H2,2-12H3. The molecule has 238 valence electrons. The molecule has 0 aliphatic heterocycles. The fraction of sp³-hybridized carbons (Fsp3) is 0.714. The quantitative estimate of drug-likeness (QED) is 0.0754. The molecule has 7 nitrogen and oxygen atoms in total. The van der Waals surface area contributed by atoms with E-state index in [0.29, 0.717) is 13.0 Å². The Labute approximate surface area is 258 Å². The fourth-order valence-electron chi connectivity index (χ4n) is 5.43. The molecule has 41 heavy (non-hydrogen) atoms. The van der Waals surface area contributed by atoms with E-state index in [9.17, 15) is 5.11 Å². The van der Waals surface area contributed by atoms with Crippen LogP contribution < -0.4 is 0 Å². The van der Waals surface area contributed by atoms with Gasteiger partial charge in [0.05, 0.1) is 12.9 Å². The van der Waals surface area contributed by atoms with Crippen LogP contribution in [0.5, 0.6) is 0 Å². The molecule has 0 radical (unpaired) electrons. The van der Waals surface area contributed by atoms with Crippen molar-refractivity contribution in [1.29, 1.82) is 0 Å². The molecule has 1 aromatic rings. The van der Waals surface area contributed by atoms with E-state index in [1.54, 1.807) is 0 Å². The Balaban J connectivity index is 3.39. The lowest BCUT2D eigenvalue weighted by molar-refractivity contribution is 0.236. The van der Waals surface area contributed by atoms with Gasteiger partial charge in [0.1, 0.15) is 0 Å². The smallest absolute Gasteiger partial charge is 0.317 e. The number of hydrogen-bond donors (Lipinski definition) is 1. The van der Waals surface area contributed by atoms with Gasteiger partial charge in [-0.25, -0.2) is 0 Å². The van der Waals surface area contributed by atoms with Crippen molar-refractivity contribution in [2.24, 2.45) is 0 Å². The van der Waals surface area contributed by atoms with Crippen molar-refractivity contribution in [3.8, 4) is 0 Å². The predicted octanol–water partition coefficient (Wildman–Crippen LogP) is 8.22. The Kier molecular flexibility index (Phi) is 15.9. The van der Waals surface area contributed by atoms with Gasteiger partial charge in [0, 0.05) is 6.61 Å². The molecule has 0 amide bonds. The molecule has 0 saturated heterocycles. The molecule has 0 saturated carbocycles. The number of aliphatic hydroxyl groups excluding tert-OH is 1. The first kappa shape index (κ1) is 38.8. The number of rotatable bonds is 22. The van der Waals surface area contributed by atoms with Crippen molar-refractivity contribution in [3.05, 3.63) is 48.7 Å². The van der Waals surface area contributed by atoms with Crippen LogP contribution >= 0.6 is 0 Å². The van der Waals surface area contributed by atoms with Crippen LogP contribution in [-0.4, -0.2) is 69.2 Å². The molecular formula is C28H60O7Si6. The monoisotopic (exact) mass is 676 g/mol. The molecule has 0 aromatic heterocycles. The van der Waals surface area contributed by atoms with Gasteiger partial charge in [-0.2, -0.15) is 0 Å². The van der Waals surface area contributed by atoms with E-state index in [4.69, 9.17) is 25.3 Å². The Morgan fingerprint density at radius 3 is 1.63 bits per heavy atom. The lowest BCUT2D eigenvalue weighted by Gasteiger charge is -2.46. The second-order valence-corrected chi connectivity index (χ2v) is 37.5. The first-order valence-corrected chi connectivity index (χ1v) is 32.3. The van der Waals surface area contributed by atoms with Crippen molar-refractivity contribution >= 4 is 50.9 Å². The normalized spacial score (nSPS) is 17.4. The highest BCUT2D eigenvalue weighted by atomic mass is 28.5. The number of hydrogen-bond acceptors (Lipinski definition) is 7. The van der Waals surface area contributed by atoms with E-state index >= 15 is 0 Å². The molecule has 0 spiro atoms. The highest BCUT2D eigenvalue weighted by molar-refractivity contribution is 6.92. The highest BCUT2D eigenvalue weighted by Crippen LogP contribution is 2.34. The molecule has 1 rings (SSSR count). The second kappa shape index (κ2) is 16.8. The topological polar surface area (TPSA) is 75.6 Å². The van der Waals surface area contributed by atoms with Crippen LogP contribution in [0.1, 0.15) is 24.8 Å². The Bertz CT molecular complexity index is 896. The number of aliphatic hydroxyl groups is 1. The summed E-state index contributed by atoms with van der Waals surface area (Å²) in [6, 6.07) is 13.0. The summed E-state index contributed by atoms with van der Waals surface area (Å²) >= 11 is 0. The van der Waals surface area contributed by atoms with Crippen molar-refractivity contribution < 1.29 is 30.4 Å². The number of aryl methyl sites for hydroxylation is 1. The lowest BCUT2D eigenvalue weighted by Crippen LogP contribution is -2.62. The Hall–Kier alpha value is -0.179. The van der Waals surface area contributed by atoms with Gasteiger partial charge < -0.3 is 30.4 Å². The zero-order valence-electron chi connectivity index (χ0n) is 27.9. The van der Waals surface area contributed by atoms with Crippen molar-refractivity contribution in [1.82, 2.24) is 0 Å². The van der Waals surface area contributed by atoms with Gasteiger partial charge in [0.2, 0.25) is 0 Å². The third-order valence-electron chi connectivity index (χ3n) is 6.14. The van der Waals surface area contributed by atoms with E-state index in [1.165, 1.54) is 11.8 Å². The van der Waals surface area contributed by atoms with Gasteiger partial charge in [0.25, 0.3) is 0 Å². The van der Waals surface area contributed by atoms with E-state index in [-0.39, 0.29) is 6.61 Å². The predicted molar refractivity (Wildman–Crippen MR) is 186 cm³/mol. The van der Waals surface area contributed by atoms with Crippen molar-refractivity contribution in [3.63, 3.8) is 0 Å². The van der Waals surface area contributed by atoms with Crippen molar-refractivity contribution in [2.45, 2.75) is 116 Å². The minimum atomic E-state index is -2.83. The molecule has 0 aliphatic carbocycles. The number of ether oxygens (including phenoxy) is 1. The van der Waals surface area contributed by atoms with Gasteiger partial charge in [-0.3, -0.25) is 0 Å². The van der Waals surface area contributed by atoms with Crippen LogP contribution in [0, 0.1) is 0 Å².